The summed E-state index contributed by atoms with van der Waals surface area (Å²) in [6.45, 7) is 11.0. The number of rotatable bonds is 4. The van der Waals surface area contributed by atoms with Crippen molar-refractivity contribution >= 4 is 11.9 Å². The molecule has 0 aliphatic heterocycles. The maximum Gasteiger partial charge on any atom is 0.162 e. The minimum atomic E-state index is 0.125. The first-order valence-electron chi connectivity index (χ1n) is 9.92. The molecule has 1 fully saturated rings. The Bertz CT molecular complexity index is 884. The summed E-state index contributed by atoms with van der Waals surface area (Å²) in [5.41, 5.74) is 10.4. The zero-order chi connectivity index (χ0) is 19.6. The Kier molecular flexibility index (Phi) is 5.79. The second-order valence-corrected chi connectivity index (χ2v) is 7.87. The normalized spacial score (nSPS) is 18.8. The number of ketones is 1. The van der Waals surface area contributed by atoms with Gasteiger partial charge in [0.05, 0.1) is 0 Å². The SMILES string of the molecule is Cc1c(C)c(C)c(C[C@@H]2CC/C(=C\C=C\c3ccccc3)C2=O)c(C)c1C. The number of carbonyl (C=O) groups excluding carboxylic acids is 1. The fourth-order valence-electron chi connectivity index (χ4n) is 4.18. The molecule has 0 unspecified atom stereocenters. The van der Waals surface area contributed by atoms with Gasteiger partial charge in [0.1, 0.15) is 0 Å². The van der Waals surface area contributed by atoms with Crippen LogP contribution in [-0.4, -0.2) is 5.78 Å². The molecule has 0 spiro atoms. The van der Waals surface area contributed by atoms with Crippen molar-refractivity contribution in [1.29, 1.82) is 0 Å². The van der Waals surface area contributed by atoms with Crippen LogP contribution in [0.5, 0.6) is 0 Å². The molecule has 0 N–H and O–H groups in total. The lowest BCUT2D eigenvalue weighted by atomic mass is 9.84. The molecule has 1 aliphatic rings. The molecule has 2 aromatic rings. The lowest BCUT2D eigenvalue weighted by Gasteiger charge is -2.20. The Morgan fingerprint density at radius 3 is 2.11 bits per heavy atom. The van der Waals surface area contributed by atoms with E-state index in [-0.39, 0.29) is 5.92 Å². The number of benzene rings is 2. The van der Waals surface area contributed by atoms with Crippen LogP contribution in [0.25, 0.3) is 6.08 Å². The standard InChI is InChI=1S/C26H30O/c1-17-18(2)20(4)25(21(5)19(17)3)16-24-15-14-23(26(24)27)13-9-12-22-10-7-6-8-11-22/h6-13,24H,14-16H2,1-5H3/b12-9+,23-13+/t24-/m0/s1. The van der Waals surface area contributed by atoms with E-state index in [0.717, 1.165) is 30.4 Å². The monoisotopic (exact) mass is 358 g/mol. The Labute approximate surface area is 163 Å². The van der Waals surface area contributed by atoms with E-state index in [9.17, 15) is 4.79 Å². The summed E-state index contributed by atoms with van der Waals surface area (Å²) < 4.78 is 0. The minimum Gasteiger partial charge on any atom is -0.294 e. The van der Waals surface area contributed by atoms with Crippen molar-refractivity contribution in [1.82, 2.24) is 0 Å². The highest BCUT2D eigenvalue weighted by Gasteiger charge is 2.30. The molecule has 0 bridgehead atoms. The van der Waals surface area contributed by atoms with Crippen LogP contribution in [0.15, 0.2) is 48.1 Å². The number of hydrogen-bond acceptors (Lipinski definition) is 1. The Hall–Kier alpha value is -2.41. The first-order valence-corrected chi connectivity index (χ1v) is 9.92. The van der Waals surface area contributed by atoms with Gasteiger partial charge in [-0.2, -0.15) is 0 Å². The summed E-state index contributed by atoms with van der Waals surface area (Å²) in [4.78, 5) is 12.9. The topological polar surface area (TPSA) is 17.1 Å². The molecular formula is C26H30O. The van der Waals surface area contributed by atoms with E-state index in [4.69, 9.17) is 0 Å². The van der Waals surface area contributed by atoms with E-state index in [1.807, 2.05) is 30.4 Å². The van der Waals surface area contributed by atoms with E-state index in [0.29, 0.717) is 5.78 Å². The molecule has 0 amide bonds. The smallest absolute Gasteiger partial charge is 0.162 e. The third-order valence-corrected chi connectivity index (χ3v) is 6.44. The number of Topliss-reactive ketones (excluding diaryl/α,β-unsaturated/α-hetero) is 1. The van der Waals surface area contributed by atoms with E-state index in [1.54, 1.807) is 0 Å². The molecule has 1 heteroatoms. The molecule has 0 radical (unpaired) electrons. The van der Waals surface area contributed by atoms with Crippen LogP contribution in [0.3, 0.4) is 0 Å². The molecule has 1 nitrogen and oxygen atoms in total. The van der Waals surface area contributed by atoms with Gasteiger partial charge in [-0.15, -0.1) is 0 Å². The first kappa shape index (κ1) is 19.4. The Morgan fingerprint density at radius 2 is 1.48 bits per heavy atom. The average molecular weight is 359 g/mol. The molecule has 3 rings (SSSR count). The largest absolute Gasteiger partial charge is 0.294 e. The molecule has 1 atom stereocenters. The van der Waals surface area contributed by atoms with Crippen LogP contribution in [0.4, 0.5) is 0 Å². The van der Waals surface area contributed by atoms with Crippen molar-refractivity contribution in [3.05, 3.63) is 87.0 Å². The number of carbonyl (C=O) groups is 1. The second kappa shape index (κ2) is 8.08. The number of hydrogen-bond donors (Lipinski definition) is 0. The quantitative estimate of drug-likeness (QED) is 0.579. The zero-order valence-corrected chi connectivity index (χ0v) is 17.2. The van der Waals surface area contributed by atoms with Crippen LogP contribution in [-0.2, 0) is 11.2 Å². The van der Waals surface area contributed by atoms with Gasteiger partial charge in [-0.3, -0.25) is 4.79 Å². The van der Waals surface area contributed by atoms with Crippen molar-refractivity contribution in [2.45, 2.75) is 53.9 Å². The highest BCUT2D eigenvalue weighted by Crippen LogP contribution is 2.34. The van der Waals surface area contributed by atoms with E-state index in [2.05, 4.69) is 52.8 Å². The average Bonchev–Trinajstić information content (AvgIpc) is 3.02. The van der Waals surface area contributed by atoms with Crippen LogP contribution >= 0.6 is 0 Å². The third kappa shape index (κ3) is 3.98. The summed E-state index contributed by atoms with van der Waals surface area (Å²) in [7, 11) is 0. The number of allylic oxidation sites excluding steroid dienone is 3. The van der Waals surface area contributed by atoms with Crippen LogP contribution in [0.2, 0.25) is 0 Å². The van der Waals surface area contributed by atoms with Gasteiger partial charge in [0.2, 0.25) is 0 Å². The maximum absolute atomic E-state index is 12.9. The maximum atomic E-state index is 12.9. The molecule has 1 aliphatic carbocycles. The summed E-state index contributed by atoms with van der Waals surface area (Å²) in [5, 5.41) is 0. The van der Waals surface area contributed by atoms with E-state index in [1.165, 1.54) is 33.4 Å². The lowest BCUT2D eigenvalue weighted by molar-refractivity contribution is -0.117. The van der Waals surface area contributed by atoms with Gasteiger partial charge in [0, 0.05) is 5.92 Å². The van der Waals surface area contributed by atoms with Gasteiger partial charge in [0.25, 0.3) is 0 Å². The summed E-state index contributed by atoms with van der Waals surface area (Å²) in [5.74, 6) is 0.461. The first-order chi connectivity index (χ1) is 12.9. The lowest BCUT2D eigenvalue weighted by Crippen LogP contribution is -2.14. The van der Waals surface area contributed by atoms with Gasteiger partial charge in [-0.25, -0.2) is 0 Å². The van der Waals surface area contributed by atoms with Crippen molar-refractivity contribution in [2.75, 3.05) is 0 Å². The summed E-state index contributed by atoms with van der Waals surface area (Å²) >= 11 is 0. The highest BCUT2D eigenvalue weighted by atomic mass is 16.1. The molecule has 140 valence electrons. The van der Waals surface area contributed by atoms with Gasteiger partial charge in [-0.05, 0) is 98.4 Å². The van der Waals surface area contributed by atoms with Gasteiger partial charge >= 0.3 is 0 Å². The van der Waals surface area contributed by atoms with Crippen molar-refractivity contribution < 1.29 is 4.79 Å². The fourth-order valence-corrected chi connectivity index (χ4v) is 4.18. The molecule has 27 heavy (non-hydrogen) atoms. The fraction of sp³-hybridized carbons (Fsp3) is 0.346. The van der Waals surface area contributed by atoms with Gasteiger partial charge in [0.15, 0.2) is 5.78 Å². The molecular weight excluding hydrogens is 328 g/mol. The van der Waals surface area contributed by atoms with Crippen LogP contribution < -0.4 is 0 Å². The third-order valence-electron chi connectivity index (χ3n) is 6.44. The van der Waals surface area contributed by atoms with Crippen LogP contribution in [0.1, 0.15) is 51.8 Å². The minimum absolute atomic E-state index is 0.125. The highest BCUT2D eigenvalue weighted by molar-refractivity contribution is 5.99. The van der Waals surface area contributed by atoms with Gasteiger partial charge < -0.3 is 0 Å². The molecule has 1 saturated carbocycles. The summed E-state index contributed by atoms with van der Waals surface area (Å²) in [6, 6.07) is 10.2. The van der Waals surface area contributed by atoms with Crippen molar-refractivity contribution in [3.8, 4) is 0 Å². The van der Waals surface area contributed by atoms with Gasteiger partial charge in [-0.1, -0.05) is 48.6 Å². The predicted octanol–water partition coefficient (Wildman–Crippen LogP) is 6.39. The molecule has 2 aromatic carbocycles. The molecule has 0 aromatic heterocycles. The zero-order valence-electron chi connectivity index (χ0n) is 17.2. The predicted molar refractivity (Wildman–Crippen MR) is 115 cm³/mol. The molecule has 0 heterocycles. The van der Waals surface area contributed by atoms with Crippen LogP contribution in [0, 0.1) is 40.5 Å². The Morgan fingerprint density at radius 1 is 0.889 bits per heavy atom. The Balaban J connectivity index is 1.77. The molecule has 0 saturated heterocycles. The van der Waals surface area contributed by atoms with Crippen molar-refractivity contribution in [3.63, 3.8) is 0 Å². The van der Waals surface area contributed by atoms with E-state index >= 15 is 0 Å². The summed E-state index contributed by atoms with van der Waals surface area (Å²) in [6.07, 6.45) is 8.83. The van der Waals surface area contributed by atoms with Crippen molar-refractivity contribution in [2.24, 2.45) is 5.92 Å². The second-order valence-electron chi connectivity index (χ2n) is 7.87. The van der Waals surface area contributed by atoms with E-state index < -0.39 is 0 Å².